The molecular weight excluding hydrogens is 596 g/mol. The maximum atomic E-state index is 13.3. The monoisotopic (exact) mass is 634 g/mol. The number of fused-ring (bicyclic) bond motifs is 1. The summed E-state index contributed by atoms with van der Waals surface area (Å²) in [6.45, 7) is 4.32. The number of rotatable bonds is 14. The summed E-state index contributed by atoms with van der Waals surface area (Å²) in [4.78, 5) is 61.0. The quantitative estimate of drug-likeness (QED) is 0.224. The van der Waals surface area contributed by atoms with Gasteiger partial charge in [0.2, 0.25) is 0 Å². The van der Waals surface area contributed by atoms with Crippen LogP contribution in [-0.4, -0.2) is 54.3 Å². The summed E-state index contributed by atoms with van der Waals surface area (Å²) in [6.07, 6.45) is 8.09. The Morgan fingerprint density at radius 3 is 2.42 bits per heavy atom. The molecule has 2 aliphatic rings. The number of amides is 1. The molecule has 1 saturated carbocycles. The lowest BCUT2D eigenvalue weighted by Gasteiger charge is -2.32. The predicted octanol–water partition coefficient (Wildman–Crippen LogP) is 4.26. The van der Waals surface area contributed by atoms with Gasteiger partial charge in [0.25, 0.3) is 5.91 Å². The molecule has 1 amide bonds. The van der Waals surface area contributed by atoms with Crippen molar-refractivity contribution in [2.45, 2.75) is 83.3 Å². The zero-order valence-electron chi connectivity index (χ0n) is 25.5. The van der Waals surface area contributed by atoms with E-state index in [0.717, 1.165) is 32.1 Å². The van der Waals surface area contributed by atoms with Crippen LogP contribution in [0, 0.1) is 17.8 Å². The summed E-state index contributed by atoms with van der Waals surface area (Å²) in [5.41, 5.74) is 1.14. The van der Waals surface area contributed by atoms with E-state index >= 15 is 0 Å². The molecule has 0 radical (unpaired) electrons. The van der Waals surface area contributed by atoms with Gasteiger partial charge in [0, 0.05) is 28.9 Å². The average molecular weight is 635 g/mol. The standard InChI is InChI=1S/C34H39ClN4O6/c1-21(2)33(39-34(44)32-17-24-15-25(35)8-9-31(24)45-32)30(20-43)38-27(14-22-6-4-3-5-7-22)29(19-42)37-26(11-13-40)16-23-10-12-36-28(23)18-41/h8-9,11,15,17,21-23,26-27,33,36-38H,3-7,10,12,14,16H2,1-2H3,(H,39,44)/t23-,26+,27-,33-/m0/s1. The van der Waals surface area contributed by atoms with Crippen LogP contribution < -0.4 is 21.3 Å². The van der Waals surface area contributed by atoms with Crippen LogP contribution in [-0.2, 0) is 19.2 Å². The lowest BCUT2D eigenvalue weighted by molar-refractivity contribution is 0.0906. The number of carbonyl (C=O) groups excluding carboxylic acids is 5. The van der Waals surface area contributed by atoms with Crippen LogP contribution in [0.3, 0.4) is 0 Å². The summed E-state index contributed by atoms with van der Waals surface area (Å²) in [7, 11) is 0. The Morgan fingerprint density at radius 1 is 1.00 bits per heavy atom. The Labute approximate surface area is 267 Å². The van der Waals surface area contributed by atoms with Crippen LogP contribution in [0.2, 0.25) is 5.02 Å². The lowest BCUT2D eigenvalue weighted by Crippen LogP contribution is -2.49. The molecule has 0 spiro atoms. The van der Waals surface area contributed by atoms with Gasteiger partial charge in [-0.3, -0.25) is 4.79 Å². The molecule has 4 atom stereocenters. The molecule has 238 valence electrons. The predicted molar refractivity (Wildman–Crippen MR) is 171 cm³/mol. The summed E-state index contributed by atoms with van der Waals surface area (Å²) >= 11 is 6.08. The molecule has 0 bridgehead atoms. The molecule has 2 aromatic rings. The van der Waals surface area contributed by atoms with E-state index < -0.39 is 24.0 Å². The number of hydrogen-bond donors (Lipinski definition) is 4. The first-order valence-corrected chi connectivity index (χ1v) is 15.9. The first kappa shape index (κ1) is 33.6. The smallest absolute Gasteiger partial charge is 0.287 e. The molecule has 1 aromatic carbocycles. The third kappa shape index (κ3) is 8.89. The van der Waals surface area contributed by atoms with Gasteiger partial charge in [0.05, 0.1) is 23.8 Å². The van der Waals surface area contributed by atoms with Crippen molar-refractivity contribution in [2.24, 2.45) is 17.8 Å². The van der Waals surface area contributed by atoms with Crippen LogP contribution in [0.1, 0.15) is 75.8 Å². The fourth-order valence-electron chi connectivity index (χ4n) is 6.27. The molecule has 2 fully saturated rings. The Hall–Kier alpha value is -4.28. The van der Waals surface area contributed by atoms with Gasteiger partial charge in [-0.25, -0.2) is 19.2 Å². The zero-order valence-corrected chi connectivity index (χ0v) is 26.3. The minimum absolute atomic E-state index is 0.0608. The molecule has 1 aromatic heterocycles. The highest BCUT2D eigenvalue weighted by atomic mass is 35.5. The molecule has 4 rings (SSSR count). The molecule has 1 aliphatic heterocycles. The van der Waals surface area contributed by atoms with Crippen LogP contribution in [0.5, 0.6) is 0 Å². The SMILES string of the molecule is CC(C)[C@H](NC(=O)c1cc2cc(Cl)ccc2o1)C(=C=O)N[C@@H](CC1CCCCC1)C(=C=O)N[C@H](C=C=O)C[C@@H]1CCNC1=C=O. The van der Waals surface area contributed by atoms with Crippen molar-refractivity contribution < 1.29 is 28.4 Å². The normalized spacial score (nSPS) is 18.4. The highest BCUT2D eigenvalue weighted by molar-refractivity contribution is 6.31. The number of allylic oxidation sites excluding steroid dienone is 1. The second-order valence-electron chi connectivity index (χ2n) is 12.2. The summed E-state index contributed by atoms with van der Waals surface area (Å²) in [5, 5.41) is 13.4. The van der Waals surface area contributed by atoms with E-state index in [-0.39, 0.29) is 34.9 Å². The van der Waals surface area contributed by atoms with Crippen molar-refractivity contribution >= 4 is 52.2 Å². The number of benzene rings is 1. The number of halogens is 1. The number of furan rings is 1. The molecular formula is C34H39ClN4O6. The number of hydrogen-bond acceptors (Lipinski definition) is 9. The molecule has 1 saturated heterocycles. The fourth-order valence-corrected chi connectivity index (χ4v) is 6.45. The maximum absolute atomic E-state index is 13.3. The van der Waals surface area contributed by atoms with Crippen molar-refractivity contribution in [1.29, 1.82) is 0 Å². The highest BCUT2D eigenvalue weighted by Crippen LogP contribution is 2.30. The molecule has 11 heteroatoms. The largest absolute Gasteiger partial charge is 0.451 e. The summed E-state index contributed by atoms with van der Waals surface area (Å²) < 4.78 is 5.72. The maximum Gasteiger partial charge on any atom is 0.287 e. The van der Waals surface area contributed by atoms with Crippen LogP contribution in [0.25, 0.3) is 11.0 Å². The van der Waals surface area contributed by atoms with Gasteiger partial charge in [-0.15, -0.1) is 0 Å². The molecule has 10 nitrogen and oxygen atoms in total. The Balaban J connectivity index is 1.57. The van der Waals surface area contributed by atoms with Gasteiger partial charge in [0.15, 0.2) is 5.76 Å². The first-order valence-electron chi connectivity index (χ1n) is 15.5. The first-order chi connectivity index (χ1) is 21.8. The van der Waals surface area contributed by atoms with Gasteiger partial charge in [-0.05, 0) is 55.4 Å². The van der Waals surface area contributed by atoms with E-state index in [0.29, 0.717) is 47.5 Å². The number of carbonyl (C=O) groups is 1. The van der Waals surface area contributed by atoms with Gasteiger partial charge in [-0.1, -0.05) is 57.6 Å². The lowest BCUT2D eigenvalue weighted by atomic mass is 9.84. The fraction of sp³-hybridized carbons (Fsp3) is 0.500. The Morgan fingerprint density at radius 2 is 1.76 bits per heavy atom. The molecule has 2 heterocycles. The van der Waals surface area contributed by atoms with E-state index in [1.165, 1.54) is 6.08 Å². The highest BCUT2D eigenvalue weighted by Gasteiger charge is 2.31. The molecule has 1 aliphatic carbocycles. The minimum atomic E-state index is -0.788. The van der Waals surface area contributed by atoms with Crippen molar-refractivity contribution in [3.8, 4) is 0 Å². The average Bonchev–Trinajstić information content (AvgIpc) is 3.67. The van der Waals surface area contributed by atoms with Crippen molar-refractivity contribution in [2.75, 3.05) is 6.54 Å². The molecule has 4 N–H and O–H groups in total. The van der Waals surface area contributed by atoms with Gasteiger partial charge in [0.1, 0.15) is 40.7 Å². The third-order valence-corrected chi connectivity index (χ3v) is 8.87. The summed E-state index contributed by atoms with van der Waals surface area (Å²) in [6, 6.07) is 4.53. The van der Waals surface area contributed by atoms with Crippen molar-refractivity contribution in [1.82, 2.24) is 21.3 Å². The van der Waals surface area contributed by atoms with E-state index in [2.05, 4.69) is 21.3 Å². The molecule has 0 unspecified atom stereocenters. The topological polar surface area (TPSA) is 147 Å². The van der Waals surface area contributed by atoms with Gasteiger partial charge in [-0.2, -0.15) is 0 Å². The van der Waals surface area contributed by atoms with E-state index in [9.17, 15) is 24.0 Å². The van der Waals surface area contributed by atoms with Gasteiger partial charge >= 0.3 is 0 Å². The van der Waals surface area contributed by atoms with E-state index in [1.54, 1.807) is 30.2 Å². The van der Waals surface area contributed by atoms with Crippen LogP contribution in [0.4, 0.5) is 0 Å². The second-order valence-corrected chi connectivity index (χ2v) is 12.6. The Bertz CT molecular complexity index is 1570. The van der Waals surface area contributed by atoms with Crippen molar-refractivity contribution in [3.63, 3.8) is 0 Å². The minimum Gasteiger partial charge on any atom is -0.451 e. The van der Waals surface area contributed by atoms with Crippen LogP contribution in [0.15, 0.2) is 51.8 Å². The Kier molecular flexibility index (Phi) is 12.1. The zero-order chi connectivity index (χ0) is 32.3. The summed E-state index contributed by atoms with van der Waals surface area (Å²) in [5.74, 6) is 7.11. The molecule has 45 heavy (non-hydrogen) atoms. The third-order valence-electron chi connectivity index (χ3n) is 8.63. The van der Waals surface area contributed by atoms with E-state index in [4.69, 9.17) is 16.0 Å². The van der Waals surface area contributed by atoms with E-state index in [1.807, 2.05) is 31.7 Å². The second kappa shape index (κ2) is 16.2. The van der Waals surface area contributed by atoms with Gasteiger partial charge < -0.3 is 25.7 Å². The number of nitrogens with one attached hydrogen (secondary N) is 4. The van der Waals surface area contributed by atoms with Crippen LogP contribution >= 0.6 is 11.6 Å². The van der Waals surface area contributed by atoms with Crippen molar-refractivity contribution in [3.05, 3.63) is 58.2 Å².